The summed E-state index contributed by atoms with van der Waals surface area (Å²) in [6, 6.07) is 3.08. The second-order valence-corrected chi connectivity index (χ2v) is 6.81. The first-order chi connectivity index (χ1) is 9.13. The molecule has 0 saturated carbocycles. The fourth-order valence-corrected chi connectivity index (χ4v) is 3.35. The van der Waals surface area contributed by atoms with Gasteiger partial charge in [0.15, 0.2) is 0 Å². The molecule has 0 aliphatic rings. The SMILES string of the molecule is CC(C)CC(C)NS(=O)(=O)c1ccc([N+](=O)[O-])cc1N. The van der Waals surface area contributed by atoms with E-state index in [2.05, 4.69) is 4.72 Å². The molecule has 0 fully saturated rings. The number of nitrogens with zero attached hydrogens (tertiary/aromatic N) is 1. The third kappa shape index (κ3) is 4.17. The van der Waals surface area contributed by atoms with Gasteiger partial charge in [-0.2, -0.15) is 0 Å². The van der Waals surface area contributed by atoms with Crippen LogP contribution in [0.1, 0.15) is 27.2 Å². The lowest BCUT2D eigenvalue weighted by Gasteiger charge is -2.16. The molecule has 1 aromatic carbocycles. The fourth-order valence-electron chi connectivity index (χ4n) is 1.98. The molecule has 1 atom stereocenters. The Balaban J connectivity index is 3.01. The molecule has 1 rings (SSSR count). The van der Waals surface area contributed by atoms with Crippen molar-refractivity contribution >= 4 is 21.4 Å². The zero-order valence-electron chi connectivity index (χ0n) is 11.7. The normalized spacial score (nSPS) is 13.4. The second kappa shape index (κ2) is 6.19. The van der Waals surface area contributed by atoms with E-state index >= 15 is 0 Å². The first-order valence-electron chi connectivity index (χ1n) is 6.19. The van der Waals surface area contributed by atoms with Gasteiger partial charge in [-0.3, -0.25) is 10.1 Å². The maximum absolute atomic E-state index is 12.2. The highest BCUT2D eigenvalue weighted by molar-refractivity contribution is 7.89. The van der Waals surface area contributed by atoms with Crippen molar-refractivity contribution in [3.8, 4) is 0 Å². The molecule has 3 N–H and O–H groups in total. The summed E-state index contributed by atoms with van der Waals surface area (Å²) in [5.74, 6) is 0.349. The van der Waals surface area contributed by atoms with Gasteiger partial charge >= 0.3 is 0 Å². The molecule has 0 radical (unpaired) electrons. The van der Waals surface area contributed by atoms with Gasteiger partial charge in [0.05, 0.1) is 10.6 Å². The van der Waals surface area contributed by atoms with E-state index in [0.29, 0.717) is 12.3 Å². The van der Waals surface area contributed by atoms with Crippen LogP contribution in [-0.2, 0) is 10.0 Å². The molecule has 112 valence electrons. The first-order valence-corrected chi connectivity index (χ1v) is 7.68. The molecule has 20 heavy (non-hydrogen) atoms. The Morgan fingerprint density at radius 1 is 1.35 bits per heavy atom. The fraction of sp³-hybridized carbons (Fsp3) is 0.500. The minimum absolute atomic E-state index is 0.136. The Morgan fingerprint density at radius 3 is 2.40 bits per heavy atom. The Morgan fingerprint density at radius 2 is 1.95 bits per heavy atom. The van der Waals surface area contributed by atoms with Crippen LogP contribution in [-0.4, -0.2) is 19.4 Å². The summed E-state index contributed by atoms with van der Waals surface area (Å²) in [6.07, 6.45) is 0.687. The van der Waals surface area contributed by atoms with Gasteiger partial charge in [0.1, 0.15) is 4.90 Å². The largest absolute Gasteiger partial charge is 0.397 e. The summed E-state index contributed by atoms with van der Waals surface area (Å²) >= 11 is 0. The Kier molecular flexibility index (Phi) is 5.07. The molecule has 0 heterocycles. The highest BCUT2D eigenvalue weighted by atomic mass is 32.2. The zero-order chi connectivity index (χ0) is 15.5. The summed E-state index contributed by atoms with van der Waals surface area (Å²) in [7, 11) is -3.78. The lowest BCUT2D eigenvalue weighted by Crippen LogP contribution is -2.33. The van der Waals surface area contributed by atoms with Crippen LogP contribution >= 0.6 is 0 Å². The number of sulfonamides is 1. The summed E-state index contributed by atoms with van der Waals surface area (Å²) in [5, 5.41) is 10.6. The number of hydrogen-bond acceptors (Lipinski definition) is 5. The van der Waals surface area contributed by atoms with Crippen molar-refractivity contribution in [3.63, 3.8) is 0 Å². The van der Waals surface area contributed by atoms with Crippen molar-refractivity contribution in [1.82, 2.24) is 4.72 Å². The van der Waals surface area contributed by atoms with Gasteiger partial charge in [0, 0.05) is 18.2 Å². The minimum Gasteiger partial charge on any atom is -0.397 e. The van der Waals surface area contributed by atoms with Gasteiger partial charge in [-0.05, 0) is 25.3 Å². The molecule has 0 amide bonds. The number of nitrogens with two attached hydrogens (primary N) is 1. The number of nitrogens with one attached hydrogen (secondary N) is 1. The van der Waals surface area contributed by atoms with Crippen molar-refractivity contribution in [2.24, 2.45) is 5.92 Å². The van der Waals surface area contributed by atoms with E-state index in [4.69, 9.17) is 5.73 Å². The number of hydrogen-bond donors (Lipinski definition) is 2. The van der Waals surface area contributed by atoms with E-state index in [1.54, 1.807) is 6.92 Å². The highest BCUT2D eigenvalue weighted by Crippen LogP contribution is 2.24. The van der Waals surface area contributed by atoms with Crippen molar-refractivity contribution < 1.29 is 13.3 Å². The van der Waals surface area contributed by atoms with Crippen molar-refractivity contribution in [2.75, 3.05) is 5.73 Å². The molecule has 7 nitrogen and oxygen atoms in total. The Hall–Kier alpha value is -1.67. The van der Waals surface area contributed by atoms with Crippen LogP contribution < -0.4 is 10.5 Å². The Bertz CT molecular complexity index is 599. The minimum atomic E-state index is -3.78. The number of benzene rings is 1. The monoisotopic (exact) mass is 301 g/mol. The van der Waals surface area contributed by atoms with Crippen LogP contribution in [0.25, 0.3) is 0 Å². The second-order valence-electron chi connectivity index (χ2n) is 5.13. The van der Waals surface area contributed by atoms with Gasteiger partial charge in [-0.15, -0.1) is 0 Å². The topological polar surface area (TPSA) is 115 Å². The molecule has 0 spiro atoms. The molecule has 0 saturated heterocycles. The summed E-state index contributed by atoms with van der Waals surface area (Å²) in [5.41, 5.74) is 5.22. The van der Waals surface area contributed by atoms with Crippen molar-refractivity contribution in [3.05, 3.63) is 28.3 Å². The molecule has 0 aromatic heterocycles. The Labute approximate surface area is 118 Å². The molecule has 1 aromatic rings. The average Bonchev–Trinajstić information content (AvgIpc) is 2.25. The molecule has 0 bridgehead atoms. The van der Waals surface area contributed by atoms with E-state index in [9.17, 15) is 18.5 Å². The van der Waals surface area contributed by atoms with Crippen LogP contribution in [0, 0.1) is 16.0 Å². The third-order valence-corrected chi connectivity index (χ3v) is 4.34. The zero-order valence-corrected chi connectivity index (χ0v) is 12.5. The number of non-ortho nitro benzene ring substituents is 1. The van der Waals surface area contributed by atoms with Crippen molar-refractivity contribution in [2.45, 2.75) is 38.1 Å². The number of anilines is 1. The molecular formula is C12H19N3O4S. The van der Waals surface area contributed by atoms with Gasteiger partial charge in [-0.25, -0.2) is 13.1 Å². The predicted octanol–water partition coefficient (Wildman–Crippen LogP) is 1.89. The van der Waals surface area contributed by atoms with Gasteiger partial charge in [0.2, 0.25) is 10.0 Å². The van der Waals surface area contributed by atoms with Gasteiger partial charge in [-0.1, -0.05) is 13.8 Å². The quantitative estimate of drug-likeness (QED) is 0.473. The van der Waals surface area contributed by atoms with Gasteiger partial charge < -0.3 is 5.73 Å². The highest BCUT2D eigenvalue weighted by Gasteiger charge is 2.22. The molecule has 0 aliphatic carbocycles. The lowest BCUT2D eigenvalue weighted by molar-refractivity contribution is -0.384. The summed E-state index contributed by atoms with van der Waals surface area (Å²) in [4.78, 5) is 9.83. The van der Waals surface area contributed by atoms with E-state index in [0.717, 1.165) is 18.2 Å². The summed E-state index contributed by atoms with van der Waals surface area (Å²) in [6.45, 7) is 5.75. The van der Waals surface area contributed by atoms with E-state index in [1.165, 1.54) is 0 Å². The van der Waals surface area contributed by atoms with Crippen LogP contribution in [0.4, 0.5) is 11.4 Å². The van der Waals surface area contributed by atoms with Crippen molar-refractivity contribution in [1.29, 1.82) is 0 Å². The predicted molar refractivity (Wildman–Crippen MR) is 76.7 cm³/mol. The van der Waals surface area contributed by atoms with Crippen LogP contribution in [0.2, 0.25) is 0 Å². The maximum atomic E-state index is 12.2. The first kappa shape index (κ1) is 16.4. The standard InChI is InChI=1S/C12H19N3O4S/c1-8(2)6-9(3)14-20(18,19)12-5-4-10(15(16)17)7-11(12)13/h4-5,7-9,14H,6,13H2,1-3H3. The van der Waals surface area contributed by atoms with Crippen LogP contribution in [0.5, 0.6) is 0 Å². The third-order valence-electron chi connectivity index (χ3n) is 2.67. The lowest BCUT2D eigenvalue weighted by atomic mass is 10.1. The number of nitro groups is 1. The molecular weight excluding hydrogens is 282 g/mol. The van der Waals surface area contributed by atoms with Gasteiger partial charge in [0.25, 0.3) is 5.69 Å². The maximum Gasteiger partial charge on any atom is 0.271 e. The van der Waals surface area contributed by atoms with Crippen LogP contribution in [0.15, 0.2) is 23.1 Å². The van der Waals surface area contributed by atoms with E-state index < -0.39 is 14.9 Å². The van der Waals surface area contributed by atoms with E-state index in [-0.39, 0.29) is 22.3 Å². The number of nitro benzene ring substituents is 1. The summed E-state index contributed by atoms with van der Waals surface area (Å²) < 4.78 is 26.8. The van der Waals surface area contributed by atoms with E-state index in [1.807, 2.05) is 13.8 Å². The average molecular weight is 301 g/mol. The smallest absolute Gasteiger partial charge is 0.271 e. The molecule has 0 aliphatic heterocycles. The molecule has 1 unspecified atom stereocenters. The number of rotatable bonds is 6. The number of nitrogen functional groups attached to an aromatic ring is 1. The molecule has 8 heteroatoms. The van der Waals surface area contributed by atoms with Crippen LogP contribution in [0.3, 0.4) is 0 Å².